The van der Waals surface area contributed by atoms with Crippen molar-refractivity contribution in [2.45, 2.75) is 19.6 Å². The number of carbonyl (C=O) groups excluding carboxylic acids is 1. The largest absolute Gasteiger partial charge is 0.497 e. The number of oxazole rings is 1. The van der Waals surface area contributed by atoms with Gasteiger partial charge in [-0.3, -0.25) is 4.79 Å². The van der Waals surface area contributed by atoms with Gasteiger partial charge in [-0.1, -0.05) is 12.1 Å². The maximum Gasteiger partial charge on any atom is 0.273 e. The summed E-state index contributed by atoms with van der Waals surface area (Å²) >= 11 is 0. The Morgan fingerprint density at radius 1 is 1.17 bits per heavy atom. The molecule has 0 saturated carbocycles. The van der Waals surface area contributed by atoms with E-state index in [1.807, 2.05) is 31.2 Å². The van der Waals surface area contributed by atoms with E-state index >= 15 is 0 Å². The second-order valence-corrected chi connectivity index (χ2v) is 6.40. The molecular weight excluding hydrogens is 376 g/mol. The van der Waals surface area contributed by atoms with Gasteiger partial charge in [0.05, 0.1) is 13.2 Å². The lowest BCUT2D eigenvalue weighted by atomic mass is 10.1. The van der Waals surface area contributed by atoms with Crippen molar-refractivity contribution >= 4 is 5.91 Å². The molecule has 3 aromatic rings. The lowest BCUT2D eigenvalue weighted by Gasteiger charge is -2.14. The molecule has 1 atom stereocenters. The predicted octanol–water partition coefficient (Wildman–Crippen LogP) is 3.48. The van der Waals surface area contributed by atoms with Crippen molar-refractivity contribution in [2.24, 2.45) is 0 Å². The molecular formula is C21H20N2O6. The van der Waals surface area contributed by atoms with Crippen LogP contribution >= 0.6 is 0 Å². The SMILES string of the molecule is COc1cccc([C@@H](C)NC(=O)c2coc(COc3ccc4c(c3)OCO4)n2)c1. The van der Waals surface area contributed by atoms with Crippen LogP contribution in [0.15, 0.2) is 53.1 Å². The first-order valence-corrected chi connectivity index (χ1v) is 9.04. The summed E-state index contributed by atoms with van der Waals surface area (Å²) in [6.07, 6.45) is 1.31. The van der Waals surface area contributed by atoms with Crippen molar-refractivity contribution in [3.05, 3.63) is 65.9 Å². The lowest BCUT2D eigenvalue weighted by molar-refractivity contribution is 0.0934. The summed E-state index contributed by atoms with van der Waals surface area (Å²) < 4.78 is 26.8. The van der Waals surface area contributed by atoms with E-state index < -0.39 is 0 Å². The number of ether oxygens (including phenoxy) is 4. The molecule has 1 N–H and O–H groups in total. The van der Waals surface area contributed by atoms with E-state index in [2.05, 4.69) is 10.3 Å². The first kappa shape index (κ1) is 18.7. The van der Waals surface area contributed by atoms with E-state index in [1.165, 1.54) is 6.26 Å². The molecule has 0 unspecified atom stereocenters. The molecule has 1 aliphatic heterocycles. The van der Waals surface area contributed by atoms with Gasteiger partial charge >= 0.3 is 0 Å². The Hall–Kier alpha value is -3.68. The Kier molecular flexibility index (Phi) is 5.24. The summed E-state index contributed by atoms with van der Waals surface area (Å²) in [5, 5.41) is 2.89. The second-order valence-electron chi connectivity index (χ2n) is 6.40. The van der Waals surface area contributed by atoms with E-state index in [9.17, 15) is 4.79 Å². The molecule has 2 aromatic carbocycles. The summed E-state index contributed by atoms with van der Waals surface area (Å²) in [4.78, 5) is 16.7. The van der Waals surface area contributed by atoms with E-state index in [0.29, 0.717) is 23.1 Å². The normalized spacial score (nSPS) is 13.0. The minimum absolute atomic E-state index is 0.0817. The molecule has 29 heavy (non-hydrogen) atoms. The molecule has 8 nitrogen and oxygen atoms in total. The monoisotopic (exact) mass is 396 g/mol. The highest BCUT2D eigenvalue weighted by Crippen LogP contribution is 2.35. The molecule has 8 heteroatoms. The number of methoxy groups -OCH3 is 1. The molecule has 0 saturated heterocycles. The highest BCUT2D eigenvalue weighted by Gasteiger charge is 2.17. The number of fused-ring (bicyclic) bond motifs is 1. The van der Waals surface area contributed by atoms with Crippen LogP contribution < -0.4 is 24.3 Å². The van der Waals surface area contributed by atoms with Crippen molar-refractivity contribution in [1.29, 1.82) is 0 Å². The first-order chi connectivity index (χ1) is 14.1. The Balaban J connectivity index is 1.35. The minimum Gasteiger partial charge on any atom is -0.497 e. The summed E-state index contributed by atoms with van der Waals surface area (Å²) in [5.74, 6) is 2.58. The van der Waals surface area contributed by atoms with Crippen LogP contribution in [-0.4, -0.2) is 24.8 Å². The standard InChI is InChI=1S/C21H20N2O6/c1-13(14-4-3-5-15(8-14)25-2)22-21(24)17-10-27-20(23-17)11-26-16-6-7-18-19(9-16)29-12-28-18/h3-10,13H,11-12H2,1-2H3,(H,22,24)/t13-/m1/s1. The molecule has 1 aromatic heterocycles. The minimum atomic E-state index is -0.335. The van der Waals surface area contributed by atoms with Crippen molar-refractivity contribution in [2.75, 3.05) is 13.9 Å². The highest BCUT2D eigenvalue weighted by atomic mass is 16.7. The zero-order chi connectivity index (χ0) is 20.2. The van der Waals surface area contributed by atoms with Gasteiger partial charge in [-0.2, -0.15) is 0 Å². The zero-order valence-corrected chi connectivity index (χ0v) is 16.0. The van der Waals surface area contributed by atoms with Crippen LogP contribution in [0.1, 0.15) is 34.9 Å². The predicted molar refractivity (Wildman–Crippen MR) is 102 cm³/mol. The van der Waals surface area contributed by atoms with Crippen molar-refractivity contribution < 1.29 is 28.2 Å². The molecule has 0 spiro atoms. The molecule has 2 heterocycles. The molecule has 0 aliphatic carbocycles. The number of aromatic nitrogens is 1. The molecule has 1 amide bonds. The van der Waals surface area contributed by atoms with E-state index in [4.69, 9.17) is 23.4 Å². The third-order valence-corrected chi connectivity index (χ3v) is 4.43. The summed E-state index contributed by atoms with van der Waals surface area (Å²) in [5.41, 5.74) is 1.11. The number of hydrogen-bond acceptors (Lipinski definition) is 7. The fourth-order valence-electron chi connectivity index (χ4n) is 2.86. The molecule has 150 valence electrons. The zero-order valence-electron chi connectivity index (χ0n) is 16.0. The van der Waals surface area contributed by atoms with Gasteiger partial charge in [0.1, 0.15) is 17.8 Å². The number of nitrogens with zero attached hydrogens (tertiary/aromatic N) is 1. The Labute approximate surface area is 167 Å². The molecule has 0 radical (unpaired) electrons. The van der Waals surface area contributed by atoms with Gasteiger partial charge in [0.15, 0.2) is 23.8 Å². The third kappa shape index (κ3) is 4.26. The highest BCUT2D eigenvalue weighted by molar-refractivity contribution is 5.92. The fourth-order valence-corrected chi connectivity index (χ4v) is 2.86. The van der Waals surface area contributed by atoms with Crippen LogP contribution in [-0.2, 0) is 6.61 Å². The van der Waals surface area contributed by atoms with E-state index in [0.717, 1.165) is 11.3 Å². The average molecular weight is 396 g/mol. The number of carbonyl (C=O) groups is 1. The lowest BCUT2D eigenvalue weighted by Crippen LogP contribution is -2.27. The van der Waals surface area contributed by atoms with Crippen molar-refractivity contribution in [1.82, 2.24) is 10.3 Å². The first-order valence-electron chi connectivity index (χ1n) is 9.04. The van der Waals surface area contributed by atoms with Crippen LogP contribution in [0.5, 0.6) is 23.0 Å². The van der Waals surface area contributed by atoms with Gasteiger partial charge in [-0.05, 0) is 36.8 Å². The molecule has 1 aliphatic rings. The van der Waals surface area contributed by atoms with Gasteiger partial charge in [-0.25, -0.2) is 4.98 Å². The summed E-state index contributed by atoms with van der Waals surface area (Å²) in [7, 11) is 1.60. The smallest absolute Gasteiger partial charge is 0.273 e. The average Bonchev–Trinajstić information content (AvgIpc) is 3.41. The van der Waals surface area contributed by atoms with Crippen LogP contribution in [0.25, 0.3) is 0 Å². The topological polar surface area (TPSA) is 92.1 Å². The Morgan fingerprint density at radius 2 is 2.03 bits per heavy atom. The van der Waals surface area contributed by atoms with Gasteiger partial charge in [0, 0.05) is 6.07 Å². The van der Waals surface area contributed by atoms with Crippen LogP contribution in [0, 0.1) is 0 Å². The Bertz CT molecular complexity index is 1020. The maximum absolute atomic E-state index is 12.5. The molecule has 4 rings (SSSR count). The number of nitrogens with one attached hydrogen (secondary N) is 1. The second kappa shape index (κ2) is 8.14. The van der Waals surface area contributed by atoms with Crippen molar-refractivity contribution in [3.63, 3.8) is 0 Å². The van der Waals surface area contributed by atoms with Crippen LogP contribution in [0.3, 0.4) is 0 Å². The van der Waals surface area contributed by atoms with Gasteiger partial charge in [0.2, 0.25) is 12.7 Å². The maximum atomic E-state index is 12.5. The van der Waals surface area contributed by atoms with E-state index in [-0.39, 0.29) is 31.0 Å². The Morgan fingerprint density at radius 3 is 2.90 bits per heavy atom. The fraction of sp³-hybridized carbons (Fsp3) is 0.238. The number of amides is 1. The van der Waals surface area contributed by atoms with Gasteiger partial charge < -0.3 is 28.7 Å². The van der Waals surface area contributed by atoms with Crippen molar-refractivity contribution in [3.8, 4) is 23.0 Å². The van der Waals surface area contributed by atoms with Gasteiger partial charge in [-0.15, -0.1) is 0 Å². The summed E-state index contributed by atoms with van der Waals surface area (Å²) in [6.45, 7) is 2.17. The quantitative estimate of drug-likeness (QED) is 0.654. The number of hydrogen-bond donors (Lipinski definition) is 1. The van der Waals surface area contributed by atoms with Gasteiger partial charge in [0.25, 0.3) is 5.91 Å². The third-order valence-electron chi connectivity index (χ3n) is 4.43. The number of rotatable bonds is 7. The molecule has 0 fully saturated rings. The van der Waals surface area contributed by atoms with Crippen LogP contribution in [0.4, 0.5) is 0 Å². The number of benzene rings is 2. The van der Waals surface area contributed by atoms with Crippen LogP contribution in [0.2, 0.25) is 0 Å². The summed E-state index contributed by atoms with van der Waals surface area (Å²) in [6, 6.07) is 12.6. The van der Waals surface area contributed by atoms with E-state index in [1.54, 1.807) is 25.3 Å². The molecule has 0 bridgehead atoms.